The quantitative estimate of drug-likeness (QED) is 0.141. The summed E-state index contributed by atoms with van der Waals surface area (Å²) in [4.78, 5) is 42.1. The number of fused-ring (bicyclic) bond motifs is 1. The molecule has 0 fully saturated rings. The van der Waals surface area contributed by atoms with Crippen molar-refractivity contribution >= 4 is 23.9 Å². The van der Waals surface area contributed by atoms with Crippen molar-refractivity contribution in [1.82, 2.24) is 20.0 Å². The molecule has 2 amide bonds. The summed E-state index contributed by atoms with van der Waals surface area (Å²) in [5, 5.41) is 7.65. The molecule has 1 aromatic heterocycles. The molecule has 3 aromatic carbocycles. The number of rotatable bonds is 10. The first kappa shape index (κ1) is 32.3. The van der Waals surface area contributed by atoms with Gasteiger partial charge in [0.25, 0.3) is 11.8 Å². The van der Waals surface area contributed by atoms with Gasteiger partial charge >= 0.3 is 6.18 Å². The zero-order chi connectivity index (χ0) is 33.0. The van der Waals surface area contributed by atoms with Gasteiger partial charge in [-0.3, -0.25) is 24.2 Å². The number of benzene rings is 3. The topological polar surface area (TPSA) is 87.5 Å². The summed E-state index contributed by atoms with van der Waals surface area (Å²) in [6.07, 6.45) is -0.931. The summed E-state index contributed by atoms with van der Waals surface area (Å²) in [6, 6.07) is 17.4. The molecule has 2 heterocycles. The van der Waals surface area contributed by atoms with Gasteiger partial charge in [0.2, 0.25) is 0 Å². The fourth-order valence-corrected chi connectivity index (χ4v) is 5.65. The number of carbonyl (C=O) groups excluding carboxylic acids is 3. The SMILES string of the molecule is CCN1C(=O)C(NC(=O)c2cccc(C(F)(F)F)c2)C(c2ccc(F)cc2)c2c(CN(C)C/C=C/C=O)nn(-c3ccccc3)c21. The largest absolute Gasteiger partial charge is 0.416 e. The summed E-state index contributed by atoms with van der Waals surface area (Å²) >= 11 is 0. The third-order valence-electron chi connectivity index (χ3n) is 7.74. The van der Waals surface area contributed by atoms with Crippen molar-refractivity contribution in [2.45, 2.75) is 31.6 Å². The fourth-order valence-electron chi connectivity index (χ4n) is 5.65. The molecule has 46 heavy (non-hydrogen) atoms. The molecule has 0 radical (unpaired) electrons. The summed E-state index contributed by atoms with van der Waals surface area (Å²) in [5.41, 5.74) is 1.05. The molecule has 12 heteroatoms. The first-order chi connectivity index (χ1) is 22.0. The maximum absolute atomic E-state index is 14.3. The molecule has 8 nitrogen and oxygen atoms in total. The van der Waals surface area contributed by atoms with Gasteiger partial charge in [-0.05, 0) is 68.1 Å². The van der Waals surface area contributed by atoms with E-state index in [0.717, 1.165) is 18.2 Å². The summed E-state index contributed by atoms with van der Waals surface area (Å²) < 4.78 is 56.2. The van der Waals surface area contributed by atoms with Crippen LogP contribution in [0.15, 0.2) is 91.0 Å². The number of anilines is 1. The molecule has 1 N–H and O–H groups in total. The maximum atomic E-state index is 14.3. The Kier molecular flexibility index (Phi) is 9.47. The minimum atomic E-state index is -4.67. The molecule has 238 valence electrons. The van der Waals surface area contributed by atoms with Crippen LogP contribution in [0.3, 0.4) is 0 Å². The number of nitrogens with one attached hydrogen (secondary N) is 1. The highest BCUT2D eigenvalue weighted by Crippen LogP contribution is 2.44. The van der Waals surface area contributed by atoms with Crippen LogP contribution in [0.25, 0.3) is 5.69 Å². The van der Waals surface area contributed by atoms with Gasteiger partial charge in [-0.25, -0.2) is 9.07 Å². The van der Waals surface area contributed by atoms with Gasteiger partial charge in [-0.15, -0.1) is 0 Å². The number of allylic oxidation sites excluding steroid dienone is 1. The fraction of sp³-hybridized carbons (Fsp3) is 0.235. The molecule has 0 spiro atoms. The maximum Gasteiger partial charge on any atom is 0.416 e. The summed E-state index contributed by atoms with van der Waals surface area (Å²) in [5.74, 6) is -2.30. The van der Waals surface area contributed by atoms with Crippen molar-refractivity contribution in [1.29, 1.82) is 0 Å². The predicted molar refractivity (Wildman–Crippen MR) is 164 cm³/mol. The molecule has 1 aliphatic rings. The van der Waals surface area contributed by atoms with Crippen molar-refractivity contribution in [3.05, 3.63) is 125 Å². The zero-order valence-corrected chi connectivity index (χ0v) is 25.0. The lowest BCUT2D eigenvalue weighted by Gasteiger charge is -2.38. The Morgan fingerprint density at radius 3 is 2.41 bits per heavy atom. The Morgan fingerprint density at radius 2 is 1.76 bits per heavy atom. The smallest absolute Gasteiger partial charge is 0.339 e. The van der Waals surface area contributed by atoms with E-state index in [1.165, 1.54) is 41.3 Å². The van der Waals surface area contributed by atoms with E-state index in [1.807, 2.05) is 42.3 Å². The minimum Gasteiger partial charge on any atom is -0.339 e. The third-order valence-corrected chi connectivity index (χ3v) is 7.74. The number of aromatic nitrogens is 2. The average molecular weight is 634 g/mol. The average Bonchev–Trinajstić information content (AvgIpc) is 3.40. The monoisotopic (exact) mass is 633 g/mol. The molecule has 0 saturated heterocycles. The van der Waals surface area contributed by atoms with Gasteiger partial charge < -0.3 is 5.32 Å². The van der Waals surface area contributed by atoms with Crippen LogP contribution in [-0.2, 0) is 22.3 Å². The van der Waals surface area contributed by atoms with Crippen molar-refractivity contribution in [2.24, 2.45) is 0 Å². The highest BCUT2D eigenvalue weighted by molar-refractivity contribution is 6.05. The van der Waals surface area contributed by atoms with Gasteiger partial charge in [0.15, 0.2) is 0 Å². The van der Waals surface area contributed by atoms with E-state index in [4.69, 9.17) is 5.10 Å². The van der Waals surface area contributed by atoms with Crippen LogP contribution in [-0.4, -0.2) is 59.0 Å². The molecule has 2 unspecified atom stereocenters. The number of carbonyl (C=O) groups is 3. The van der Waals surface area contributed by atoms with E-state index < -0.39 is 41.3 Å². The second-order valence-corrected chi connectivity index (χ2v) is 10.8. The molecule has 5 rings (SSSR count). The van der Waals surface area contributed by atoms with Gasteiger partial charge in [-0.2, -0.15) is 18.3 Å². The highest BCUT2D eigenvalue weighted by atomic mass is 19.4. The molecule has 2 atom stereocenters. The van der Waals surface area contributed by atoms with Gasteiger partial charge in [0, 0.05) is 36.7 Å². The zero-order valence-electron chi connectivity index (χ0n) is 25.0. The molecule has 0 saturated carbocycles. The second kappa shape index (κ2) is 13.5. The van der Waals surface area contributed by atoms with Crippen molar-refractivity contribution in [3.63, 3.8) is 0 Å². The first-order valence-corrected chi connectivity index (χ1v) is 14.5. The standard InChI is InChI=1S/C34H31F4N5O3/c1-3-42-32-29(27(21-41(2)18-7-8-19-44)40-43(32)26-12-5-4-6-13-26)28(22-14-16-25(35)17-15-22)30(33(42)46)39-31(45)23-10-9-11-24(20-23)34(36,37)38/h4-17,19-20,28,30H,3,18,21H2,1-2H3,(H,39,45)/b8-7+. The highest BCUT2D eigenvalue weighted by Gasteiger charge is 2.46. The van der Waals surface area contributed by atoms with Gasteiger partial charge in [0.05, 0.1) is 16.9 Å². The van der Waals surface area contributed by atoms with E-state index in [1.54, 1.807) is 17.7 Å². The van der Waals surface area contributed by atoms with Crippen LogP contribution in [0, 0.1) is 5.82 Å². The van der Waals surface area contributed by atoms with E-state index in [2.05, 4.69) is 5.32 Å². The van der Waals surface area contributed by atoms with E-state index >= 15 is 0 Å². The molecule has 0 bridgehead atoms. The number of halogens is 4. The Morgan fingerprint density at radius 1 is 1.04 bits per heavy atom. The lowest BCUT2D eigenvalue weighted by atomic mass is 9.80. The summed E-state index contributed by atoms with van der Waals surface area (Å²) in [6.45, 7) is 2.62. The molecule has 1 aliphatic heterocycles. The van der Waals surface area contributed by atoms with Crippen molar-refractivity contribution in [3.8, 4) is 5.69 Å². The van der Waals surface area contributed by atoms with Crippen LogP contribution in [0.4, 0.5) is 23.4 Å². The van der Waals surface area contributed by atoms with E-state index in [9.17, 15) is 31.9 Å². The van der Waals surface area contributed by atoms with Gasteiger partial charge in [0.1, 0.15) is 24.0 Å². The molecular formula is C34H31F4N5O3. The number of para-hydroxylation sites is 1. The summed E-state index contributed by atoms with van der Waals surface area (Å²) in [7, 11) is 1.83. The number of hydrogen-bond acceptors (Lipinski definition) is 5. The number of likely N-dealkylation sites (N-methyl/N-ethyl adjacent to an activating group) is 2. The Labute approximate surface area is 262 Å². The molecule has 0 aliphatic carbocycles. The molecular weight excluding hydrogens is 602 g/mol. The predicted octanol–water partition coefficient (Wildman–Crippen LogP) is 5.51. The van der Waals surface area contributed by atoms with E-state index in [0.29, 0.717) is 41.2 Å². The van der Waals surface area contributed by atoms with Crippen LogP contribution < -0.4 is 10.2 Å². The number of nitrogens with zero attached hydrogens (tertiary/aromatic N) is 4. The van der Waals surface area contributed by atoms with Crippen LogP contribution in [0.5, 0.6) is 0 Å². The second-order valence-electron chi connectivity index (χ2n) is 10.8. The lowest BCUT2D eigenvalue weighted by Crippen LogP contribution is -2.55. The number of amides is 2. The number of alkyl halides is 3. The Balaban J connectivity index is 1.69. The number of hydrogen-bond donors (Lipinski definition) is 1. The minimum absolute atomic E-state index is 0.188. The number of aldehydes is 1. The third kappa shape index (κ3) is 6.62. The lowest BCUT2D eigenvalue weighted by molar-refractivity contribution is -0.137. The van der Waals surface area contributed by atoms with E-state index in [-0.39, 0.29) is 18.7 Å². The van der Waals surface area contributed by atoms with Crippen molar-refractivity contribution < 1.29 is 31.9 Å². The molecule has 4 aromatic rings. The van der Waals surface area contributed by atoms with Crippen molar-refractivity contribution in [2.75, 3.05) is 25.0 Å². The first-order valence-electron chi connectivity index (χ1n) is 14.5. The van der Waals surface area contributed by atoms with Crippen LogP contribution in [0.2, 0.25) is 0 Å². The Bertz CT molecular complexity index is 1750. The van der Waals surface area contributed by atoms with Crippen LogP contribution in [0.1, 0.15) is 45.6 Å². The Hall–Kier alpha value is -5.10. The van der Waals surface area contributed by atoms with Crippen LogP contribution >= 0.6 is 0 Å². The normalized spacial score (nSPS) is 16.6. The van der Waals surface area contributed by atoms with Gasteiger partial charge in [-0.1, -0.05) is 42.5 Å².